The fraction of sp³-hybridized carbons (Fsp3) is 1.00. The van der Waals surface area contributed by atoms with Crippen molar-refractivity contribution in [3.8, 4) is 0 Å². The fourth-order valence-electron chi connectivity index (χ4n) is 1.69. The topological polar surface area (TPSA) is 46.2 Å². The second-order valence-corrected chi connectivity index (χ2v) is 6.03. The van der Waals surface area contributed by atoms with E-state index in [4.69, 9.17) is 35.3 Å². The molecule has 23 heavy (non-hydrogen) atoms. The summed E-state index contributed by atoms with van der Waals surface area (Å²) in [6, 6.07) is 0. The molecule has 0 aromatic heterocycles. The number of unbranched alkanes of at least 4 members (excludes halogenated alkanes) is 3. The number of alkyl halides is 2. The Bertz CT molecular complexity index is 193. The normalized spacial score (nSPS) is 11.2. The maximum absolute atomic E-state index is 5.61. The van der Waals surface area contributed by atoms with Gasteiger partial charge in [0.2, 0.25) is 0 Å². The van der Waals surface area contributed by atoms with Gasteiger partial charge in [0.05, 0.1) is 59.5 Å². The second kappa shape index (κ2) is 22.6. The van der Waals surface area contributed by atoms with Crippen LogP contribution in [0.1, 0.15) is 25.7 Å². The predicted octanol–water partition coefficient (Wildman–Crippen LogP) is 3.26. The molecule has 0 aliphatic heterocycles. The third kappa shape index (κ3) is 22.6. The highest BCUT2D eigenvalue weighted by Crippen LogP contribution is 2.01. The Morgan fingerprint density at radius 3 is 1.30 bits per heavy atom. The van der Waals surface area contributed by atoms with E-state index < -0.39 is 0 Å². The molecule has 0 unspecified atom stereocenters. The van der Waals surface area contributed by atoms with Crippen LogP contribution in [0.2, 0.25) is 0 Å². The number of halogens is 2. The molecule has 0 N–H and O–H groups in total. The molecule has 0 aliphatic carbocycles. The molecule has 5 nitrogen and oxygen atoms in total. The monoisotopic (exact) mass is 418 g/mol. The number of ether oxygens (including phenoxy) is 5. The van der Waals surface area contributed by atoms with Gasteiger partial charge < -0.3 is 23.7 Å². The van der Waals surface area contributed by atoms with Gasteiger partial charge in [0.15, 0.2) is 0 Å². The van der Waals surface area contributed by atoms with Gasteiger partial charge in [0.1, 0.15) is 0 Å². The molecular weight excluding hydrogens is 388 g/mol. The molecule has 0 saturated heterocycles. The lowest BCUT2D eigenvalue weighted by atomic mass is 10.2. The van der Waals surface area contributed by atoms with Gasteiger partial charge in [-0.2, -0.15) is 0 Å². The zero-order chi connectivity index (χ0) is 16.8. The van der Waals surface area contributed by atoms with Gasteiger partial charge >= 0.3 is 0 Å². The van der Waals surface area contributed by atoms with Gasteiger partial charge in [0.25, 0.3) is 0 Å². The van der Waals surface area contributed by atoms with Gasteiger partial charge in [-0.3, -0.25) is 0 Å². The SMILES string of the molecule is ClCCCCCCOCCOCCOCCOCCOCCBr. The number of hydrogen-bond acceptors (Lipinski definition) is 5. The Morgan fingerprint density at radius 2 is 0.870 bits per heavy atom. The van der Waals surface area contributed by atoms with Gasteiger partial charge in [-0.1, -0.05) is 28.8 Å². The predicted molar refractivity (Wildman–Crippen MR) is 97.1 cm³/mol. The highest BCUT2D eigenvalue weighted by atomic mass is 79.9. The standard InChI is InChI=1S/C16H32BrClO5/c17-5-8-20-10-12-22-14-16-23-15-13-21-11-9-19-7-4-2-1-3-6-18/h1-16H2. The molecule has 0 spiro atoms. The van der Waals surface area contributed by atoms with Crippen LogP contribution in [-0.2, 0) is 23.7 Å². The minimum atomic E-state index is 0.584. The molecule has 0 bridgehead atoms. The summed E-state index contributed by atoms with van der Waals surface area (Å²) in [6.07, 6.45) is 4.57. The van der Waals surface area contributed by atoms with Crippen LogP contribution in [0, 0.1) is 0 Å². The van der Waals surface area contributed by atoms with Crippen molar-refractivity contribution < 1.29 is 23.7 Å². The highest BCUT2D eigenvalue weighted by molar-refractivity contribution is 9.09. The van der Waals surface area contributed by atoms with Crippen molar-refractivity contribution in [2.24, 2.45) is 0 Å². The minimum Gasteiger partial charge on any atom is -0.379 e. The van der Waals surface area contributed by atoms with Gasteiger partial charge in [-0.15, -0.1) is 11.6 Å². The van der Waals surface area contributed by atoms with Crippen molar-refractivity contribution in [3.63, 3.8) is 0 Å². The molecule has 0 atom stereocenters. The van der Waals surface area contributed by atoms with E-state index in [1.807, 2.05) is 0 Å². The average molecular weight is 420 g/mol. The molecule has 0 rings (SSSR count). The van der Waals surface area contributed by atoms with Crippen LogP contribution < -0.4 is 0 Å². The summed E-state index contributed by atoms with van der Waals surface area (Å²) in [5.74, 6) is 0.759. The lowest BCUT2D eigenvalue weighted by molar-refractivity contribution is -0.0102. The summed E-state index contributed by atoms with van der Waals surface area (Å²) in [5.41, 5.74) is 0. The summed E-state index contributed by atoms with van der Waals surface area (Å²) in [7, 11) is 0. The molecule has 0 saturated carbocycles. The molecule has 0 aromatic carbocycles. The summed E-state index contributed by atoms with van der Waals surface area (Å²) < 4.78 is 26.9. The summed E-state index contributed by atoms with van der Waals surface area (Å²) >= 11 is 8.90. The maximum Gasteiger partial charge on any atom is 0.0701 e. The maximum atomic E-state index is 5.61. The summed E-state index contributed by atoms with van der Waals surface area (Å²) in [4.78, 5) is 0. The van der Waals surface area contributed by atoms with Crippen LogP contribution in [0.5, 0.6) is 0 Å². The van der Waals surface area contributed by atoms with Crippen LogP contribution in [0.3, 0.4) is 0 Å². The van der Waals surface area contributed by atoms with Crippen molar-refractivity contribution in [2.45, 2.75) is 25.7 Å². The molecule has 0 aliphatic rings. The first-order chi connectivity index (χ1) is 11.4. The molecule has 140 valence electrons. The largest absolute Gasteiger partial charge is 0.379 e. The fourth-order valence-corrected chi connectivity index (χ4v) is 2.11. The lowest BCUT2D eigenvalue weighted by Crippen LogP contribution is -2.13. The third-order valence-electron chi connectivity index (χ3n) is 2.88. The Hall–Kier alpha value is 0.570. The van der Waals surface area contributed by atoms with Crippen molar-refractivity contribution in [3.05, 3.63) is 0 Å². The number of rotatable bonds is 20. The van der Waals surface area contributed by atoms with E-state index in [0.717, 1.165) is 37.3 Å². The lowest BCUT2D eigenvalue weighted by Gasteiger charge is -2.07. The zero-order valence-corrected chi connectivity index (χ0v) is 16.5. The van der Waals surface area contributed by atoms with Crippen LogP contribution in [0.25, 0.3) is 0 Å². The van der Waals surface area contributed by atoms with E-state index in [1.54, 1.807) is 0 Å². The first-order valence-corrected chi connectivity index (χ1v) is 10.1. The van der Waals surface area contributed by atoms with Crippen molar-refractivity contribution in [1.29, 1.82) is 0 Å². The second-order valence-electron chi connectivity index (χ2n) is 4.85. The first kappa shape index (κ1) is 23.6. The van der Waals surface area contributed by atoms with E-state index in [0.29, 0.717) is 52.9 Å². The smallest absolute Gasteiger partial charge is 0.0701 e. The van der Waals surface area contributed by atoms with Crippen LogP contribution >= 0.6 is 27.5 Å². The molecule has 0 radical (unpaired) electrons. The number of hydrogen-bond donors (Lipinski definition) is 0. The Balaban J connectivity index is 2.92. The van der Waals surface area contributed by atoms with Gasteiger partial charge in [0, 0.05) is 17.8 Å². The highest BCUT2D eigenvalue weighted by Gasteiger charge is 1.94. The summed E-state index contributed by atoms with van der Waals surface area (Å²) in [6.45, 7) is 6.37. The van der Waals surface area contributed by atoms with Crippen molar-refractivity contribution in [2.75, 3.05) is 77.3 Å². The average Bonchev–Trinajstić information content (AvgIpc) is 2.57. The van der Waals surface area contributed by atoms with E-state index in [-0.39, 0.29) is 0 Å². The van der Waals surface area contributed by atoms with Gasteiger partial charge in [-0.05, 0) is 12.8 Å². The molecule has 0 fully saturated rings. The van der Waals surface area contributed by atoms with E-state index >= 15 is 0 Å². The van der Waals surface area contributed by atoms with E-state index in [9.17, 15) is 0 Å². The Kier molecular flexibility index (Phi) is 23.1. The van der Waals surface area contributed by atoms with E-state index in [1.165, 1.54) is 12.8 Å². The van der Waals surface area contributed by atoms with Crippen LogP contribution in [0.4, 0.5) is 0 Å². The Morgan fingerprint density at radius 1 is 0.478 bits per heavy atom. The molecule has 0 aromatic rings. The minimum absolute atomic E-state index is 0.584. The Labute approximate surface area is 154 Å². The van der Waals surface area contributed by atoms with Crippen molar-refractivity contribution in [1.82, 2.24) is 0 Å². The van der Waals surface area contributed by atoms with Crippen LogP contribution in [-0.4, -0.2) is 77.3 Å². The molecule has 0 amide bonds. The van der Waals surface area contributed by atoms with E-state index in [2.05, 4.69) is 15.9 Å². The first-order valence-electron chi connectivity index (χ1n) is 8.42. The zero-order valence-electron chi connectivity index (χ0n) is 14.1. The quantitative estimate of drug-likeness (QED) is 0.224. The molecular formula is C16H32BrClO5. The molecule has 0 heterocycles. The molecule has 7 heteroatoms. The summed E-state index contributed by atoms with van der Waals surface area (Å²) in [5, 5.41) is 0.857. The van der Waals surface area contributed by atoms with Crippen LogP contribution in [0.15, 0.2) is 0 Å². The third-order valence-corrected chi connectivity index (χ3v) is 3.47. The van der Waals surface area contributed by atoms with Crippen molar-refractivity contribution >= 4 is 27.5 Å². The van der Waals surface area contributed by atoms with Gasteiger partial charge in [-0.25, -0.2) is 0 Å².